The molecule has 0 aliphatic rings. The van der Waals surface area contributed by atoms with E-state index in [0.29, 0.717) is 0 Å². The third-order valence-corrected chi connectivity index (χ3v) is 2.91. The van der Waals surface area contributed by atoms with Crippen molar-refractivity contribution in [3.8, 4) is 0 Å². The molecule has 1 heterocycles. The van der Waals surface area contributed by atoms with Gasteiger partial charge in [0.05, 0.1) is 0 Å². The summed E-state index contributed by atoms with van der Waals surface area (Å²) in [7, 11) is 4.26. The molecule has 1 aromatic heterocycles. The number of nitrogens with zero attached hydrogens (tertiary/aromatic N) is 2. The van der Waals surface area contributed by atoms with Gasteiger partial charge >= 0.3 is 0 Å². The van der Waals surface area contributed by atoms with Crippen molar-refractivity contribution in [2.45, 2.75) is 63.7 Å². The summed E-state index contributed by atoms with van der Waals surface area (Å²) in [5.74, 6) is 0. The summed E-state index contributed by atoms with van der Waals surface area (Å²) in [6.07, 6.45) is 3.57. The van der Waals surface area contributed by atoms with Crippen LogP contribution in [0.4, 0.5) is 5.69 Å². The second-order valence-corrected chi connectivity index (χ2v) is 14.4. The van der Waals surface area contributed by atoms with Gasteiger partial charge in [-0.1, -0.05) is 53.1 Å². The Bertz CT molecular complexity index is 286. The van der Waals surface area contributed by atoms with Crippen molar-refractivity contribution in [2.75, 3.05) is 19.0 Å². The van der Waals surface area contributed by atoms with Crippen LogP contribution in [-0.2, 0) is 0 Å². The molecule has 0 saturated carbocycles. The number of aromatic nitrogens is 1. The molecular formula is C17H38AlN2SbSi2. The van der Waals surface area contributed by atoms with Crippen LogP contribution in [0.25, 0.3) is 0 Å². The van der Waals surface area contributed by atoms with Crippen molar-refractivity contribution in [3.63, 3.8) is 0 Å². The van der Waals surface area contributed by atoms with Crippen LogP contribution in [0, 0.1) is 0 Å². The first-order valence-electron chi connectivity index (χ1n) is 8.11. The van der Waals surface area contributed by atoms with Gasteiger partial charge in [0, 0.05) is 74.2 Å². The smallest absolute Gasteiger partial charge is 0.198 e. The summed E-state index contributed by atoms with van der Waals surface area (Å²) in [5, 5.41) is 2.85. The second-order valence-electron chi connectivity index (χ2n) is 6.21. The van der Waals surface area contributed by atoms with Crippen molar-refractivity contribution >= 4 is 62.9 Å². The van der Waals surface area contributed by atoms with E-state index in [1.54, 1.807) is 12.4 Å². The Kier molecular flexibility index (Phi) is 34.2. The Morgan fingerprint density at radius 3 is 1.30 bits per heavy atom. The zero-order valence-electron chi connectivity index (χ0n) is 17.1. The molecule has 0 fully saturated rings. The van der Waals surface area contributed by atoms with Crippen molar-refractivity contribution in [2.24, 2.45) is 0 Å². The van der Waals surface area contributed by atoms with Crippen molar-refractivity contribution in [3.05, 3.63) is 24.5 Å². The van der Waals surface area contributed by atoms with Crippen LogP contribution in [0.1, 0.15) is 13.8 Å². The zero-order valence-corrected chi connectivity index (χ0v) is 22.9. The van der Waals surface area contributed by atoms with Gasteiger partial charge in [0.15, 0.2) is 15.2 Å². The normalized spacial score (nSPS) is 8.35. The molecule has 6 heteroatoms. The molecule has 0 N–H and O–H groups in total. The Labute approximate surface area is 174 Å². The van der Waals surface area contributed by atoms with E-state index in [1.165, 1.54) is 16.3 Å². The molecule has 6 radical (unpaired) electrons. The number of anilines is 1. The standard InChI is InChI=1S/C7H10N2.2C3H9Si.2C2H5.Al.Sb/c1-9(2)7-3-5-8-6-4-7;2*1-4(2)3;2*1-2;;/h3-6H,1-2H3;2*1-3H3;2*1H2,2H3;;. The fourth-order valence-corrected chi connectivity index (χ4v) is 1.51. The molecule has 0 spiro atoms. The fraction of sp³-hybridized carbons (Fsp3) is 0.706. The minimum atomic E-state index is 0. The fourth-order valence-electron chi connectivity index (χ4n) is 0.931. The molecule has 1 rings (SSSR count). The first kappa shape index (κ1) is 31.5. The molecule has 0 aliphatic carbocycles. The van der Waals surface area contributed by atoms with Gasteiger partial charge in [-0.25, -0.2) is 0 Å². The van der Waals surface area contributed by atoms with Gasteiger partial charge in [-0.3, -0.25) is 4.98 Å². The van der Waals surface area contributed by atoms with Crippen molar-refractivity contribution in [1.29, 1.82) is 0 Å². The zero-order chi connectivity index (χ0) is 18.0. The van der Waals surface area contributed by atoms with Gasteiger partial charge in [-0.15, -0.1) is 10.6 Å². The molecular weight excluding hydrogens is 437 g/mol. The molecule has 2 nitrogen and oxygen atoms in total. The van der Waals surface area contributed by atoms with Crippen LogP contribution in [0.5, 0.6) is 0 Å². The SMILES string of the molecule is CN(C)c1ccncc1.C[CH2][Al][CH2]C.C[Si](C)C.C[Si](C)C.[Sb]. The van der Waals surface area contributed by atoms with Gasteiger partial charge in [0.25, 0.3) is 0 Å². The van der Waals surface area contributed by atoms with E-state index in [0.717, 1.165) is 15.2 Å². The Morgan fingerprint density at radius 1 is 0.870 bits per heavy atom. The van der Waals surface area contributed by atoms with E-state index in [1.807, 2.05) is 31.1 Å². The van der Waals surface area contributed by atoms with E-state index in [4.69, 9.17) is 0 Å². The number of hydrogen-bond donors (Lipinski definition) is 0. The predicted octanol–water partition coefficient (Wildman–Crippen LogP) is 5.08. The van der Waals surface area contributed by atoms with E-state index in [2.05, 4.69) is 58.1 Å². The Morgan fingerprint density at radius 2 is 1.17 bits per heavy atom. The third kappa shape index (κ3) is 45.0. The predicted molar refractivity (Wildman–Crippen MR) is 118 cm³/mol. The maximum Gasteiger partial charge on any atom is 0.198 e. The van der Waals surface area contributed by atoms with E-state index < -0.39 is 0 Å². The maximum atomic E-state index is 3.90. The van der Waals surface area contributed by atoms with Gasteiger partial charge in [-0.2, -0.15) is 0 Å². The molecule has 0 atom stereocenters. The summed E-state index contributed by atoms with van der Waals surface area (Å²) in [6, 6.07) is 3.94. The number of hydrogen-bond acceptors (Lipinski definition) is 2. The summed E-state index contributed by atoms with van der Waals surface area (Å²) in [5.41, 5.74) is 1.19. The molecule has 1 aromatic rings. The largest absolute Gasteiger partial charge is 0.378 e. The topological polar surface area (TPSA) is 16.1 Å². The van der Waals surface area contributed by atoms with Crippen molar-refractivity contribution < 1.29 is 0 Å². The molecule has 132 valence electrons. The van der Waals surface area contributed by atoms with Gasteiger partial charge in [-0.05, 0) is 12.1 Å². The van der Waals surface area contributed by atoms with Crippen LogP contribution in [0.2, 0.25) is 49.8 Å². The van der Waals surface area contributed by atoms with E-state index >= 15 is 0 Å². The number of pyridine rings is 1. The number of rotatable bonds is 3. The van der Waals surface area contributed by atoms with Crippen LogP contribution in [-0.4, -0.2) is 76.3 Å². The average molecular weight is 475 g/mol. The molecule has 0 saturated heterocycles. The maximum absolute atomic E-state index is 3.90. The molecule has 0 aliphatic heterocycles. The summed E-state index contributed by atoms with van der Waals surface area (Å²) < 4.78 is 0. The minimum absolute atomic E-state index is 0. The third-order valence-electron chi connectivity index (χ3n) is 1.76. The van der Waals surface area contributed by atoms with E-state index in [9.17, 15) is 0 Å². The second kappa shape index (κ2) is 25.0. The quantitative estimate of drug-likeness (QED) is 0.568. The molecule has 0 amide bonds. The Hall–Kier alpha value is 0.734. The monoisotopic (exact) mass is 474 g/mol. The molecule has 0 unspecified atom stereocenters. The molecule has 0 bridgehead atoms. The Balaban J connectivity index is -0.000000112. The molecule has 0 aromatic carbocycles. The van der Waals surface area contributed by atoms with Gasteiger partial charge in [0.2, 0.25) is 0 Å². The van der Waals surface area contributed by atoms with Crippen LogP contribution >= 0.6 is 0 Å². The molecule has 23 heavy (non-hydrogen) atoms. The average Bonchev–Trinajstić information content (AvgIpc) is 2.40. The van der Waals surface area contributed by atoms with Crippen LogP contribution < -0.4 is 4.90 Å². The van der Waals surface area contributed by atoms with Gasteiger partial charge in [0.1, 0.15) is 0 Å². The minimum Gasteiger partial charge on any atom is -0.378 e. The summed E-state index contributed by atoms with van der Waals surface area (Å²) in [4.78, 5) is 5.94. The summed E-state index contributed by atoms with van der Waals surface area (Å²) in [6.45, 7) is 18.1. The summed E-state index contributed by atoms with van der Waals surface area (Å²) >= 11 is 0.815. The van der Waals surface area contributed by atoms with Gasteiger partial charge < -0.3 is 4.90 Å². The first-order chi connectivity index (χ1) is 10.2. The van der Waals surface area contributed by atoms with E-state index in [-0.39, 0.29) is 42.0 Å². The van der Waals surface area contributed by atoms with Crippen LogP contribution in [0.3, 0.4) is 0 Å². The first-order valence-corrected chi connectivity index (χ1v) is 15.7. The van der Waals surface area contributed by atoms with Crippen molar-refractivity contribution in [1.82, 2.24) is 4.98 Å². The van der Waals surface area contributed by atoms with Crippen LogP contribution in [0.15, 0.2) is 24.5 Å².